The second-order valence-corrected chi connectivity index (χ2v) is 11.4. The van der Waals surface area contributed by atoms with Crippen LogP contribution in [0.5, 0.6) is 5.75 Å². The predicted molar refractivity (Wildman–Crippen MR) is 174 cm³/mol. The van der Waals surface area contributed by atoms with Gasteiger partial charge in [0.2, 0.25) is 5.91 Å². The van der Waals surface area contributed by atoms with Crippen LogP contribution < -0.4 is 26.0 Å². The molecule has 1 atom stereocenters. The molecule has 0 bridgehead atoms. The number of amides is 1. The number of halogens is 4. The van der Waals surface area contributed by atoms with Gasteiger partial charge in [0.25, 0.3) is 0 Å². The Hall–Kier alpha value is -3.83. The van der Waals surface area contributed by atoms with Gasteiger partial charge in [-0.15, -0.1) is 0 Å². The van der Waals surface area contributed by atoms with E-state index in [4.69, 9.17) is 27.9 Å². The minimum atomic E-state index is -0.520. The maximum absolute atomic E-state index is 15.2. The summed E-state index contributed by atoms with van der Waals surface area (Å²) in [5, 5.41) is 13.1. The van der Waals surface area contributed by atoms with Gasteiger partial charge in [-0.1, -0.05) is 47.5 Å². The number of aromatic nitrogens is 2. The number of ether oxygens (including phenoxy) is 1. The van der Waals surface area contributed by atoms with Crippen molar-refractivity contribution in [1.29, 1.82) is 0 Å². The van der Waals surface area contributed by atoms with E-state index in [0.717, 1.165) is 17.5 Å². The molecule has 0 saturated carbocycles. The van der Waals surface area contributed by atoms with Gasteiger partial charge in [0.05, 0.1) is 35.2 Å². The molecule has 1 aliphatic heterocycles. The number of rotatable bonds is 14. The summed E-state index contributed by atoms with van der Waals surface area (Å²) in [6.07, 6.45) is 4.92. The third-order valence-corrected chi connectivity index (χ3v) is 8.34. The number of benzene rings is 2. The first-order valence-electron chi connectivity index (χ1n) is 14.7. The lowest BCUT2D eigenvalue weighted by Gasteiger charge is -2.16. The van der Waals surface area contributed by atoms with Gasteiger partial charge < -0.3 is 26.0 Å². The van der Waals surface area contributed by atoms with Crippen LogP contribution in [0.1, 0.15) is 30.4 Å². The average Bonchev–Trinajstić information content (AvgIpc) is 3.47. The van der Waals surface area contributed by atoms with Gasteiger partial charge in [-0.25, -0.2) is 9.37 Å². The molecule has 1 amide bonds. The van der Waals surface area contributed by atoms with Crippen molar-refractivity contribution >= 4 is 40.6 Å². The summed E-state index contributed by atoms with van der Waals surface area (Å²) in [4.78, 5) is 20.2. The summed E-state index contributed by atoms with van der Waals surface area (Å²) < 4.78 is 33.3. The van der Waals surface area contributed by atoms with Crippen molar-refractivity contribution in [1.82, 2.24) is 25.9 Å². The molecule has 5 rings (SSSR count). The van der Waals surface area contributed by atoms with Gasteiger partial charge in [-0.2, -0.15) is 0 Å². The van der Waals surface area contributed by atoms with E-state index < -0.39 is 12.5 Å². The minimum Gasteiger partial charge on any atom is -0.496 e. The van der Waals surface area contributed by atoms with Crippen molar-refractivity contribution < 1.29 is 18.3 Å². The molecule has 3 heterocycles. The molecular formula is C33H34Cl2F2N6O2. The number of alkyl halides is 1. The molecule has 1 saturated heterocycles. The fraction of sp³-hybridized carbons (Fsp3) is 0.303. The van der Waals surface area contributed by atoms with Crippen molar-refractivity contribution in [2.24, 2.45) is 0 Å². The number of pyridine rings is 2. The highest BCUT2D eigenvalue weighted by Gasteiger charge is 2.21. The monoisotopic (exact) mass is 654 g/mol. The van der Waals surface area contributed by atoms with E-state index in [1.54, 1.807) is 37.6 Å². The Morgan fingerprint density at radius 2 is 1.80 bits per heavy atom. The lowest BCUT2D eigenvalue weighted by atomic mass is 10.0. The highest BCUT2D eigenvalue weighted by atomic mass is 35.5. The van der Waals surface area contributed by atoms with Gasteiger partial charge in [0.1, 0.15) is 5.75 Å². The SMILES string of the molecule is COc1cc(-c2nccc(-c3cccc(Nc4nccc(CNCCCF)c4F)c3Cl)c2Cl)ccc1CNC[C@H]1CCC(=O)N1. The second kappa shape index (κ2) is 15.4. The van der Waals surface area contributed by atoms with Crippen LogP contribution in [0, 0.1) is 5.82 Å². The number of nitrogens with one attached hydrogen (secondary N) is 4. The number of carbonyl (C=O) groups is 1. The molecule has 2 aromatic carbocycles. The zero-order chi connectivity index (χ0) is 31.8. The summed E-state index contributed by atoms with van der Waals surface area (Å²) >= 11 is 13.8. The summed E-state index contributed by atoms with van der Waals surface area (Å²) in [6.45, 7) is 1.50. The fourth-order valence-corrected chi connectivity index (χ4v) is 5.79. The Morgan fingerprint density at radius 3 is 2.58 bits per heavy atom. The Bertz CT molecular complexity index is 1660. The molecule has 12 heteroatoms. The number of hydrogen-bond acceptors (Lipinski definition) is 7. The number of anilines is 2. The molecule has 8 nitrogen and oxygen atoms in total. The van der Waals surface area contributed by atoms with Crippen molar-refractivity contribution in [3.05, 3.63) is 87.9 Å². The highest BCUT2D eigenvalue weighted by molar-refractivity contribution is 6.39. The van der Waals surface area contributed by atoms with Gasteiger partial charge in [-0.05, 0) is 43.7 Å². The molecule has 0 aliphatic carbocycles. The molecular weight excluding hydrogens is 621 g/mol. The number of hydrogen-bond donors (Lipinski definition) is 4. The van der Waals surface area contributed by atoms with Crippen LogP contribution in [0.4, 0.5) is 20.3 Å². The summed E-state index contributed by atoms with van der Waals surface area (Å²) in [7, 11) is 1.61. The zero-order valence-corrected chi connectivity index (χ0v) is 26.2. The quantitative estimate of drug-likeness (QED) is 0.111. The van der Waals surface area contributed by atoms with Gasteiger partial charge in [0, 0.05) is 72.3 Å². The lowest BCUT2D eigenvalue weighted by Crippen LogP contribution is -2.35. The normalized spacial score (nSPS) is 14.4. The van der Waals surface area contributed by atoms with Gasteiger partial charge in [0.15, 0.2) is 11.6 Å². The Balaban J connectivity index is 1.35. The minimum absolute atomic E-state index is 0.0232. The standard InChI is InChI=1S/C33H34Cl2F2N6O2/c1-45-27-16-20(6-7-21(27)17-39-19-23-8-9-28(44)42-23)32-30(35)25(11-15-40-32)24-4-2-5-26(29(24)34)43-33-31(37)22(10-14-41-33)18-38-13-3-12-36/h2,4-7,10-11,14-16,23,38-39H,3,8-9,12-13,17-19H2,1H3,(H,41,43)(H,42,44)/t23-/m1/s1. The maximum atomic E-state index is 15.2. The van der Waals surface area contributed by atoms with Crippen molar-refractivity contribution in [3.8, 4) is 28.1 Å². The predicted octanol–water partition coefficient (Wildman–Crippen LogP) is 6.83. The smallest absolute Gasteiger partial charge is 0.220 e. The van der Waals surface area contributed by atoms with E-state index in [9.17, 15) is 9.18 Å². The van der Waals surface area contributed by atoms with Crippen molar-refractivity contribution in [3.63, 3.8) is 0 Å². The van der Waals surface area contributed by atoms with Crippen LogP contribution >= 0.6 is 23.2 Å². The number of carbonyl (C=O) groups excluding carboxylic acids is 1. The third kappa shape index (κ3) is 7.88. The third-order valence-electron chi connectivity index (χ3n) is 7.55. The Morgan fingerprint density at radius 1 is 1.00 bits per heavy atom. The average molecular weight is 656 g/mol. The number of nitrogens with zero attached hydrogens (tertiary/aromatic N) is 2. The van der Waals surface area contributed by atoms with E-state index in [-0.39, 0.29) is 24.3 Å². The van der Waals surface area contributed by atoms with Crippen LogP contribution in [0.15, 0.2) is 60.9 Å². The van der Waals surface area contributed by atoms with Gasteiger partial charge >= 0.3 is 0 Å². The Kier molecular flexibility index (Phi) is 11.2. The molecule has 0 radical (unpaired) electrons. The van der Waals surface area contributed by atoms with Gasteiger partial charge in [-0.3, -0.25) is 14.2 Å². The molecule has 0 unspecified atom stereocenters. The molecule has 45 heavy (non-hydrogen) atoms. The molecule has 4 N–H and O–H groups in total. The van der Waals surface area contributed by atoms with E-state index in [1.807, 2.05) is 24.3 Å². The van der Waals surface area contributed by atoms with E-state index in [1.165, 1.54) is 6.20 Å². The first kappa shape index (κ1) is 32.6. The summed E-state index contributed by atoms with van der Waals surface area (Å²) in [5.74, 6) is 0.271. The molecule has 1 fully saturated rings. The molecule has 0 spiro atoms. The lowest BCUT2D eigenvalue weighted by molar-refractivity contribution is -0.119. The van der Waals surface area contributed by atoms with Crippen LogP contribution in [0.25, 0.3) is 22.4 Å². The van der Waals surface area contributed by atoms with Crippen LogP contribution in [0.2, 0.25) is 10.0 Å². The molecule has 2 aromatic heterocycles. The first-order chi connectivity index (χ1) is 21.9. The summed E-state index contributed by atoms with van der Waals surface area (Å²) in [6, 6.07) is 14.6. The van der Waals surface area contributed by atoms with Crippen molar-refractivity contribution in [2.75, 3.05) is 32.2 Å². The zero-order valence-electron chi connectivity index (χ0n) is 24.7. The topological polar surface area (TPSA) is 100 Å². The number of methoxy groups -OCH3 is 1. The van der Waals surface area contributed by atoms with Crippen LogP contribution in [0.3, 0.4) is 0 Å². The summed E-state index contributed by atoms with van der Waals surface area (Å²) in [5.41, 5.74) is 4.41. The maximum Gasteiger partial charge on any atom is 0.220 e. The molecule has 1 aliphatic rings. The van der Waals surface area contributed by atoms with E-state index in [2.05, 4.69) is 31.2 Å². The second-order valence-electron chi connectivity index (χ2n) is 10.6. The Labute approximate surface area is 270 Å². The highest BCUT2D eigenvalue weighted by Crippen LogP contribution is 2.41. The van der Waals surface area contributed by atoms with E-state index in [0.29, 0.717) is 76.3 Å². The van der Waals surface area contributed by atoms with Crippen molar-refractivity contribution in [2.45, 2.75) is 38.4 Å². The first-order valence-corrected chi connectivity index (χ1v) is 15.4. The van der Waals surface area contributed by atoms with E-state index >= 15 is 4.39 Å². The van der Waals surface area contributed by atoms with Crippen LogP contribution in [-0.4, -0.2) is 48.8 Å². The van der Waals surface area contributed by atoms with Crippen LogP contribution in [-0.2, 0) is 17.9 Å². The molecule has 4 aromatic rings. The fourth-order valence-electron chi connectivity index (χ4n) is 5.19. The largest absolute Gasteiger partial charge is 0.496 e. The molecule has 236 valence electrons.